The third kappa shape index (κ3) is 2.64. The number of amides is 1. The maximum absolute atomic E-state index is 11.8. The molecule has 0 unspecified atom stereocenters. The van der Waals surface area contributed by atoms with Gasteiger partial charge in [-0.05, 0) is 43.7 Å². The van der Waals surface area contributed by atoms with E-state index in [9.17, 15) is 4.79 Å². The number of rotatable bonds is 2. The minimum Gasteiger partial charge on any atom is -0.316 e. The van der Waals surface area contributed by atoms with Crippen LogP contribution in [0.1, 0.15) is 17.0 Å². The Balaban J connectivity index is 2.05. The Morgan fingerprint density at radius 3 is 2.86 bits per heavy atom. The molecule has 1 aliphatic heterocycles. The monoisotopic (exact) mass is 315 g/mol. The van der Waals surface area contributed by atoms with Crippen LogP contribution in [0.2, 0.25) is 0 Å². The summed E-state index contributed by atoms with van der Waals surface area (Å²) >= 11 is 6.30. The number of thiocarbonyl (C=S) groups is 1. The van der Waals surface area contributed by atoms with Crippen molar-refractivity contribution < 1.29 is 4.79 Å². The number of nitrogens with one attached hydrogen (secondary N) is 1. The summed E-state index contributed by atoms with van der Waals surface area (Å²) in [4.78, 5) is 16.5. The molecule has 0 aliphatic carbocycles. The fourth-order valence-corrected chi connectivity index (χ4v) is 3.41. The zero-order chi connectivity index (χ0) is 15.0. The molecule has 1 saturated heterocycles. The Morgan fingerprint density at radius 1 is 1.43 bits per heavy atom. The number of carbonyl (C=O) groups is 1. The van der Waals surface area contributed by atoms with Crippen molar-refractivity contribution in [2.75, 3.05) is 0 Å². The lowest BCUT2D eigenvalue weighted by atomic mass is 10.2. The van der Waals surface area contributed by atoms with E-state index in [1.54, 1.807) is 6.20 Å². The molecule has 6 heteroatoms. The molecule has 106 valence electrons. The smallest absolute Gasteiger partial charge is 0.263 e. The highest BCUT2D eigenvalue weighted by Crippen LogP contribution is 2.29. The number of hydrogen-bond donors (Lipinski definition) is 1. The molecule has 1 amide bonds. The first-order valence-electron chi connectivity index (χ1n) is 6.40. The molecule has 1 fully saturated rings. The van der Waals surface area contributed by atoms with Gasteiger partial charge in [0, 0.05) is 17.6 Å². The Kier molecular flexibility index (Phi) is 3.65. The Bertz CT molecular complexity index is 763. The molecular formula is C15H13N3OS2. The van der Waals surface area contributed by atoms with Gasteiger partial charge in [0.15, 0.2) is 0 Å². The van der Waals surface area contributed by atoms with E-state index in [4.69, 9.17) is 12.2 Å². The molecule has 1 N–H and O–H groups in total. The summed E-state index contributed by atoms with van der Waals surface area (Å²) in [5.74, 6) is -0.129. The quantitative estimate of drug-likeness (QED) is 0.684. The van der Waals surface area contributed by atoms with Crippen LogP contribution in [-0.4, -0.2) is 19.8 Å². The van der Waals surface area contributed by atoms with Crippen LogP contribution in [0, 0.1) is 13.8 Å². The fourth-order valence-electron chi connectivity index (χ4n) is 2.38. The van der Waals surface area contributed by atoms with Gasteiger partial charge < -0.3 is 9.88 Å². The van der Waals surface area contributed by atoms with E-state index in [0.29, 0.717) is 9.23 Å². The molecule has 0 saturated carbocycles. The fraction of sp³-hybridized carbons (Fsp3) is 0.133. The number of aryl methyl sites for hydroxylation is 1. The summed E-state index contributed by atoms with van der Waals surface area (Å²) < 4.78 is 2.63. The number of carbonyl (C=O) groups excluding carboxylic acids is 1. The first kappa shape index (κ1) is 14.0. The molecule has 0 spiro atoms. The Morgan fingerprint density at radius 2 is 2.24 bits per heavy atom. The van der Waals surface area contributed by atoms with Gasteiger partial charge in [-0.3, -0.25) is 9.78 Å². The lowest BCUT2D eigenvalue weighted by Crippen LogP contribution is -2.17. The SMILES string of the molecule is Cc1cc(C=C2SC(=S)NC2=O)c(C)n1-c1cccnc1. The maximum Gasteiger partial charge on any atom is 0.263 e. The van der Waals surface area contributed by atoms with E-state index in [2.05, 4.69) is 20.9 Å². The summed E-state index contributed by atoms with van der Waals surface area (Å²) in [6, 6.07) is 5.98. The van der Waals surface area contributed by atoms with E-state index in [1.807, 2.05) is 38.3 Å². The van der Waals surface area contributed by atoms with Crippen LogP contribution in [0.4, 0.5) is 0 Å². The second-order valence-corrected chi connectivity index (χ2v) is 6.44. The molecule has 1 aliphatic rings. The Hall–Kier alpha value is -1.92. The van der Waals surface area contributed by atoms with Gasteiger partial charge in [-0.2, -0.15) is 0 Å². The summed E-state index contributed by atoms with van der Waals surface area (Å²) in [6.45, 7) is 4.07. The Labute approximate surface area is 132 Å². The van der Waals surface area contributed by atoms with E-state index < -0.39 is 0 Å². The minimum atomic E-state index is -0.129. The van der Waals surface area contributed by atoms with Crippen molar-refractivity contribution in [1.29, 1.82) is 0 Å². The van der Waals surface area contributed by atoms with Crippen LogP contribution in [0.3, 0.4) is 0 Å². The van der Waals surface area contributed by atoms with Crippen molar-refractivity contribution in [3.8, 4) is 5.69 Å². The molecule has 4 nitrogen and oxygen atoms in total. The van der Waals surface area contributed by atoms with Gasteiger partial charge in [0.1, 0.15) is 4.32 Å². The van der Waals surface area contributed by atoms with Crippen molar-refractivity contribution in [1.82, 2.24) is 14.9 Å². The topological polar surface area (TPSA) is 46.9 Å². The molecule has 3 heterocycles. The maximum atomic E-state index is 11.8. The molecule has 0 radical (unpaired) electrons. The van der Waals surface area contributed by atoms with Crippen LogP contribution in [0.25, 0.3) is 11.8 Å². The van der Waals surface area contributed by atoms with E-state index >= 15 is 0 Å². The van der Waals surface area contributed by atoms with Crippen LogP contribution in [0.15, 0.2) is 35.5 Å². The third-order valence-corrected chi connectivity index (χ3v) is 4.47. The summed E-state index contributed by atoms with van der Waals surface area (Å²) in [6.07, 6.45) is 5.46. The van der Waals surface area contributed by atoms with Crippen molar-refractivity contribution in [3.63, 3.8) is 0 Å². The minimum absolute atomic E-state index is 0.129. The number of aromatic nitrogens is 2. The number of hydrogen-bond acceptors (Lipinski definition) is 4. The lowest BCUT2D eigenvalue weighted by Gasteiger charge is -2.08. The highest BCUT2D eigenvalue weighted by Gasteiger charge is 2.22. The highest BCUT2D eigenvalue weighted by molar-refractivity contribution is 8.26. The first-order chi connectivity index (χ1) is 10.1. The van der Waals surface area contributed by atoms with E-state index in [1.165, 1.54) is 11.8 Å². The van der Waals surface area contributed by atoms with Crippen LogP contribution < -0.4 is 5.32 Å². The van der Waals surface area contributed by atoms with E-state index in [0.717, 1.165) is 22.6 Å². The van der Waals surface area contributed by atoms with Crippen molar-refractivity contribution in [2.24, 2.45) is 0 Å². The molecule has 3 rings (SSSR count). The van der Waals surface area contributed by atoms with Gasteiger partial charge in [0.2, 0.25) is 0 Å². The number of nitrogens with zero attached hydrogens (tertiary/aromatic N) is 2. The molecular weight excluding hydrogens is 302 g/mol. The summed E-state index contributed by atoms with van der Waals surface area (Å²) in [7, 11) is 0. The van der Waals surface area contributed by atoms with Gasteiger partial charge in [-0.25, -0.2) is 0 Å². The second kappa shape index (κ2) is 5.46. The normalized spacial score (nSPS) is 16.6. The predicted molar refractivity (Wildman–Crippen MR) is 89.3 cm³/mol. The summed E-state index contributed by atoms with van der Waals surface area (Å²) in [5.41, 5.74) is 4.19. The zero-order valence-electron chi connectivity index (χ0n) is 11.6. The largest absolute Gasteiger partial charge is 0.316 e. The number of thioether (sulfide) groups is 1. The molecule has 2 aromatic heterocycles. The molecule has 21 heavy (non-hydrogen) atoms. The van der Waals surface area contributed by atoms with Gasteiger partial charge in [-0.15, -0.1) is 0 Å². The second-order valence-electron chi connectivity index (χ2n) is 4.73. The van der Waals surface area contributed by atoms with Gasteiger partial charge in [0.25, 0.3) is 5.91 Å². The highest BCUT2D eigenvalue weighted by atomic mass is 32.2. The molecule has 2 aromatic rings. The molecule has 0 atom stereocenters. The lowest BCUT2D eigenvalue weighted by molar-refractivity contribution is -0.115. The molecule has 0 bridgehead atoms. The van der Waals surface area contributed by atoms with E-state index in [-0.39, 0.29) is 5.91 Å². The van der Waals surface area contributed by atoms with Crippen molar-refractivity contribution >= 4 is 40.3 Å². The zero-order valence-corrected chi connectivity index (χ0v) is 13.2. The van der Waals surface area contributed by atoms with Crippen molar-refractivity contribution in [2.45, 2.75) is 13.8 Å². The first-order valence-corrected chi connectivity index (χ1v) is 7.63. The summed E-state index contributed by atoms with van der Waals surface area (Å²) in [5, 5.41) is 2.63. The number of pyridine rings is 1. The average Bonchev–Trinajstić information content (AvgIpc) is 2.91. The average molecular weight is 315 g/mol. The van der Waals surface area contributed by atoms with Gasteiger partial charge in [-0.1, -0.05) is 24.0 Å². The van der Waals surface area contributed by atoms with Crippen LogP contribution >= 0.6 is 24.0 Å². The van der Waals surface area contributed by atoms with Gasteiger partial charge in [0.05, 0.1) is 16.8 Å². The van der Waals surface area contributed by atoms with Crippen LogP contribution in [-0.2, 0) is 4.79 Å². The van der Waals surface area contributed by atoms with Gasteiger partial charge >= 0.3 is 0 Å². The van der Waals surface area contributed by atoms with Crippen molar-refractivity contribution in [3.05, 3.63) is 52.4 Å². The third-order valence-electron chi connectivity index (χ3n) is 3.30. The molecule has 0 aromatic carbocycles. The standard InChI is InChI=1S/C15H13N3OS2/c1-9-6-11(7-13-14(19)17-15(20)21-13)10(2)18(9)12-4-3-5-16-8-12/h3-8H,1-2H3,(H,17,19,20). The van der Waals surface area contributed by atoms with Crippen LogP contribution in [0.5, 0.6) is 0 Å². The predicted octanol–water partition coefficient (Wildman–Crippen LogP) is 2.98.